The molecule has 1 aliphatic carbocycles. The predicted molar refractivity (Wildman–Crippen MR) is 181 cm³/mol. The molecule has 16 heteroatoms. The van der Waals surface area contributed by atoms with Crippen molar-refractivity contribution in [1.82, 2.24) is 34.0 Å². The number of aryl methyl sites for hydroxylation is 1. The first kappa shape index (κ1) is 33.2. The van der Waals surface area contributed by atoms with Crippen LogP contribution in [0.3, 0.4) is 0 Å². The van der Waals surface area contributed by atoms with Gasteiger partial charge in [-0.25, -0.2) is 28.5 Å². The number of nitrogens with zero attached hydrogens (tertiary/aromatic N) is 7. The number of nitrogens with one attached hydrogen (secondary N) is 1. The van der Waals surface area contributed by atoms with E-state index in [1.54, 1.807) is 18.3 Å². The van der Waals surface area contributed by atoms with Crippen LogP contribution in [0.15, 0.2) is 52.2 Å². The number of piperidine rings is 1. The number of alkyl halides is 2. The van der Waals surface area contributed by atoms with Crippen molar-refractivity contribution in [3.8, 4) is 28.3 Å². The summed E-state index contributed by atoms with van der Waals surface area (Å²) in [5, 5.41) is 12.6. The van der Waals surface area contributed by atoms with Crippen molar-refractivity contribution in [3.63, 3.8) is 0 Å². The van der Waals surface area contributed by atoms with E-state index in [0.717, 1.165) is 9.13 Å². The highest BCUT2D eigenvalue weighted by atomic mass is 35.5. The molecule has 2 fully saturated rings. The van der Waals surface area contributed by atoms with Crippen molar-refractivity contribution < 1.29 is 23.4 Å². The van der Waals surface area contributed by atoms with Crippen LogP contribution in [0.2, 0.25) is 5.02 Å². The Labute approximate surface area is 288 Å². The number of likely N-dealkylation sites (tertiary alicyclic amines) is 1. The van der Waals surface area contributed by atoms with Gasteiger partial charge in [0.1, 0.15) is 16.9 Å². The molecule has 1 aliphatic heterocycles. The first-order valence-corrected chi connectivity index (χ1v) is 16.0. The van der Waals surface area contributed by atoms with Crippen molar-refractivity contribution in [1.29, 1.82) is 0 Å². The minimum Gasteiger partial charge on any atom is -0.481 e. The molecule has 1 saturated heterocycles. The molecule has 7 rings (SSSR count). The molecule has 1 saturated carbocycles. The van der Waals surface area contributed by atoms with Gasteiger partial charge in [0, 0.05) is 50.5 Å². The molecule has 4 heterocycles. The van der Waals surface area contributed by atoms with E-state index >= 15 is 0 Å². The fourth-order valence-corrected chi connectivity index (χ4v) is 7.24. The molecule has 0 amide bonds. The number of aliphatic carboxylic acids is 1. The number of fused-ring (bicyclic) bond motifs is 2. The summed E-state index contributed by atoms with van der Waals surface area (Å²) in [5.74, 6) is -1.32. The Bertz CT molecular complexity index is 2320. The summed E-state index contributed by atoms with van der Waals surface area (Å²) in [5.41, 5.74) is 2.53. The average Bonchev–Trinajstić information content (AvgIpc) is 3.62. The van der Waals surface area contributed by atoms with Crippen LogP contribution in [-0.2, 0) is 25.4 Å². The first-order valence-electron chi connectivity index (χ1n) is 15.7. The number of carbonyl (C=O) groups is 1. The maximum Gasteiger partial charge on any atom is 0.332 e. The van der Waals surface area contributed by atoms with Crippen LogP contribution in [0, 0.1) is 24.7 Å². The second-order valence-corrected chi connectivity index (χ2v) is 12.9. The molecule has 0 spiro atoms. The zero-order valence-corrected chi connectivity index (χ0v) is 28.1. The standard InChI is InChI=1S/C34H31ClF2N8O5/c1-15-16(7-6-10-21(15)39-28-25-30(42-29(41-28)27(36)37)43(2)34(49)44(3)32(25)46)17-8-5-9-18(26(17)35)22-11-38-23(31(40-22)50-4)14-45-12-19-20(13-45)24(19)33(47)48/h5-11,19-20,24,27H,12-14H2,1-4H3,(H,47,48)(H,39,41,42)/t19-,20+,24?. The molecular formula is C34H31ClF2N8O5. The normalized spacial score (nSPS) is 18.4. The van der Waals surface area contributed by atoms with Gasteiger partial charge in [0.25, 0.3) is 12.0 Å². The van der Waals surface area contributed by atoms with Crippen molar-refractivity contribution in [2.24, 2.45) is 31.8 Å². The van der Waals surface area contributed by atoms with E-state index < -0.39 is 29.5 Å². The fourth-order valence-electron chi connectivity index (χ4n) is 6.91. The van der Waals surface area contributed by atoms with Gasteiger partial charge >= 0.3 is 11.7 Å². The lowest BCUT2D eigenvalue weighted by atomic mass is 9.96. The van der Waals surface area contributed by atoms with E-state index in [1.165, 1.54) is 21.2 Å². The monoisotopic (exact) mass is 704 g/mol. The topological polar surface area (TPSA) is 157 Å². The van der Waals surface area contributed by atoms with Gasteiger partial charge in [0.05, 0.1) is 29.9 Å². The summed E-state index contributed by atoms with van der Waals surface area (Å²) in [6, 6.07) is 10.8. The molecule has 0 bridgehead atoms. The molecule has 2 aromatic carbocycles. The third kappa shape index (κ3) is 5.55. The Balaban J connectivity index is 1.21. The first-order chi connectivity index (χ1) is 23.9. The number of hydrogen-bond donors (Lipinski definition) is 2. The summed E-state index contributed by atoms with van der Waals surface area (Å²) >= 11 is 7.03. The van der Waals surface area contributed by atoms with Crippen LogP contribution in [0.1, 0.15) is 23.5 Å². The van der Waals surface area contributed by atoms with Crippen molar-refractivity contribution in [2.45, 2.75) is 19.9 Å². The minimum atomic E-state index is -3.05. The van der Waals surface area contributed by atoms with Crippen LogP contribution in [0.4, 0.5) is 20.3 Å². The van der Waals surface area contributed by atoms with E-state index in [0.29, 0.717) is 69.9 Å². The van der Waals surface area contributed by atoms with E-state index in [4.69, 9.17) is 21.3 Å². The zero-order chi connectivity index (χ0) is 35.6. The van der Waals surface area contributed by atoms with Gasteiger partial charge < -0.3 is 15.2 Å². The highest BCUT2D eigenvalue weighted by Crippen LogP contribution is 2.52. The van der Waals surface area contributed by atoms with E-state index in [1.807, 2.05) is 31.2 Å². The fraction of sp³-hybridized carbons (Fsp3) is 0.324. The summed E-state index contributed by atoms with van der Waals surface area (Å²) in [4.78, 5) is 56.4. The van der Waals surface area contributed by atoms with Crippen molar-refractivity contribution in [2.75, 3.05) is 25.5 Å². The lowest BCUT2D eigenvalue weighted by molar-refractivity contribution is -0.139. The number of aromatic nitrogens is 6. The number of anilines is 2. The average molecular weight is 705 g/mol. The highest BCUT2D eigenvalue weighted by Gasteiger charge is 2.59. The summed E-state index contributed by atoms with van der Waals surface area (Å²) < 4.78 is 35.2. The number of halogens is 3. The number of ether oxygens (including phenoxy) is 1. The number of methoxy groups -OCH3 is 1. The summed E-state index contributed by atoms with van der Waals surface area (Å²) in [6.07, 6.45) is -1.43. The molecule has 1 unspecified atom stereocenters. The molecule has 258 valence electrons. The Hall–Kier alpha value is -5.28. The second kappa shape index (κ2) is 12.6. The van der Waals surface area contributed by atoms with Gasteiger partial charge in [-0.05, 0) is 36.0 Å². The molecule has 13 nitrogen and oxygen atoms in total. The Kier molecular flexibility index (Phi) is 8.34. The molecular weight excluding hydrogens is 674 g/mol. The maximum absolute atomic E-state index is 13.9. The van der Waals surface area contributed by atoms with Gasteiger partial charge in [0.2, 0.25) is 5.88 Å². The molecule has 50 heavy (non-hydrogen) atoms. The summed E-state index contributed by atoms with van der Waals surface area (Å²) in [6.45, 7) is 3.66. The van der Waals surface area contributed by atoms with Gasteiger partial charge in [-0.15, -0.1) is 0 Å². The summed E-state index contributed by atoms with van der Waals surface area (Å²) in [7, 11) is 4.15. The Morgan fingerprint density at radius 2 is 1.72 bits per heavy atom. The lowest BCUT2D eigenvalue weighted by Crippen LogP contribution is -2.38. The van der Waals surface area contributed by atoms with Crippen LogP contribution in [0.25, 0.3) is 33.4 Å². The molecule has 0 radical (unpaired) electrons. The Morgan fingerprint density at radius 1 is 1.04 bits per heavy atom. The van der Waals surface area contributed by atoms with Crippen molar-refractivity contribution in [3.05, 3.63) is 85.5 Å². The predicted octanol–water partition coefficient (Wildman–Crippen LogP) is 4.57. The smallest absolute Gasteiger partial charge is 0.332 e. The highest BCUT2D eigenvalue weighted by molar-refractivity contribution is 6.36. The minimum absolute atomic E-state index is 0.120. The molecule has 3 aromatic heterocycles. The molecule has 2 aliphatic rings. The quantitative estimate of drug-likeness (QED) is 0.222. The maximum atomic E-state index is 13.9. The number of hydrogen-bond acceptors (Lipinski definition) is 10. The third-order valence-electron chi connectivity index (χ3n) is 9.60. The zero-order valence-electron chi connectivity index (χ0n) is 27.3. The van der Waals surface area contributed by atoms with Gasteiger partial charge in [-0.3, -0.25) is 28.6 Å². The van der Waals surface area contributed by atoms with Gasteiger partial charge in [-0.2, -0.15) is 0 Å². The van der Waals surface area contributed by atoms with Gasteiger partial charge in [0.15, 0.2) is 11.5 Å². The van der Waals surface area contributed by atoms with Crippen LogP contribution >= 0.6 is 11.6 Å². The number of carboxylic acids is 1. The van der Waals surface area contributed by atoms with E-state index in [-0.39, 0.29) is 34.6 Å². The number of rotatable bonds is 9. The van der Waals surface area contributed by atoms with Crippen LogP contribution in [-0.4, -0.2) is 65.2 Å². The van der Waals surface area contributed by atoms with Gasteiger partial charge in [-0.1, -0.05) is 41.9 Å². The van der Waals surface area contributed by atoms with E-state index in [9.17, 15) is 28.3 Å². The van der Waals surface area contributed by atoms with Crippen LogP contribution < -0.4 is 21.3 Å². The second-order valence-electron chi connectivity index (χ2n) is 12.5. The molecule has 3 atom stereocenters. The number of carboxylic acid groups (broad SMARTS) is 1. The number of benzene rings is 2. The Morgan fingerprint density at radius 3 is 2.40 bits per heavy atom. The van der Waals surface area contributed by atoms with E-state index in [2.05, 4.69) is 25.2 Å². The SMILES string of the molecule is COc1nc(-c2cccc(-c3cccc(Nc4nc(C(F)F)nc5c4c(=O)n(C)c(=O)n5C)c3C)c2Cl)cnc1CN1C[C@@H]2C(C(=O)O)[C@@H]2C1. The third-order valence-corrected chi connectivity index (χ3v) is 10.0. The molecule has 2 N–H and O–H groups in total. The van der Waals surface area contributed by atoms with Crippen LogP contribution in [0.5, 0.6) is 5.88 Å². The lowest BCUT2D eigenvalue weighted by Gasteiger charge is -2.19. The molecule has 5 aromatic rings. The largest absolute Gasteiger partial charge is 0.481 e. The van der Waals surface area contributed by atoms with Crippen molar-refractivity contribution >= 4 is 40.1 Å².